The van der Waals surface area contributed by atoms with Crippen LogP contribution in [0.5, 0.6) is 0 Å². The van der Waals surface area contributed by atoms with Gasteiger partial charge >= 0.3 is 0 Å². The van der Waals surface area contributed by atoms with Gasteiger partial charge in [0.1, 0.15) is 18.3 Å². The van der Waals surface area contributed by atoms with Gasteiger partial charge in [0.2, 0.25) is 0 Å². The second-order valence-electron chi connectivity index (χ2n) is 4.54. The summed E-state index contributed by atoms with van der Waals surface area (Å²) in [6.07, 6.45) is 2.45. The summed E-state index contributed by atoms with van der Waals surface area (Å²) in [7, 11) is 0. The summed E-state index contributed by atoms with van der Waals surface area (Å²) in [4.78, 5) is 25.9. The Morgan fingerprint density at radius 2 is 2.17 bits per heavy atom. The number of carbonyl (C=O) groups is 1. The molecule has 0 aliphatic heterocycles. The van der Waals surface area contributed by atoms with Gasteiger partial charge in [0.15, 0.2) is 0 Å². The van der Waals surface area contributed by atoms with Crippen molar-refractivity contribution >= 4 is 24.0 Å². The number of carbonyl (C=O) groups excluding carboxylic acids is 1. The lowest BCUT2D eigenvalue weighted by molar-refractivity contribution is -0.384. The molecule has 0 saturated heterocycles. The Balaban J connectivity index is 0.00000288. The van der Waals surface area contributed by atoms with Crippen molar-refractivity contribution in [3.63, 3.8) is 0 Å². The van der Waals surface area contributed by atoms with Crippen LogP contribution in [0.2, 0.25) is 0 Å². The molecule has 0 aliphatic rings. The average molecular weight is 363 g/mol. The van der Waals surface area contributed by atoms with E-state index in [2.05, 4.69) is 10.1 Å². The zero-order valence-corrected chi connectivity index (χ0v) is 12.9. The second kappa shape index (κ2) is 7.75. The van der Waals surface area contributed by atoms with Gasteiger partial charge in [0, 0.05) is 11.6 Å². The predicted octanol–water partition coefficient (Wildman–Crippen LogP) is 0.921. The summed E-state index contributed by atoms with van der Waals surface area (Å²) in [6.45, 7) is -1.88. The minimum absolute atomic E-state index is 0. The molecular formula is C12H13ClF2N6O3. The zero-order valence-electron chi connectivity index (χ0n) is 12.1. The smallest absolute Gasteiger partial charge is 0.295 e. The Morgan fingerprint density at radius 1 is 1.46 bits per heavy atom. The molecule has 9 nitrogen and oxygen atoms in total. The van der Waals surface area contributed by atoms with E-state index in [9.17, 15) is 23.7 Å². The number of benzene rings is 1. The molecule has 0 saturated carbocycles. The SMILES string of the molecule is Cl.NCC(F)(F)CNC(=O)c1ccc(-n2cncn2)c([N+](=O)[O-])c1. The number of hydrogen-bond acceptors (Lipinski definition) is 6. The van der Waals surface area contributed by atoms with Crippen molar-refractivity contribution < 1.29 is 18.5 Å². The summed E-state index contributed by atoms with van der Waals surface area (Å²) >= 11 is 0. The molecule has 0 bridgehead atoms. The van der Waals surface area contributed by atoms with Crippen molar-refractivity contribution in [1.82, 2.24) is 20.1 Å². The molecule has 0 fully saturated rings. The molecular weight excluding hydrogens is 350 g/mol. The Morgan fingerprint density at radius 3 is 2.71 bits per heavy atom. The van der Waals surface area contributed by atoms with Gasteiger partial charge in [-0.2, -0.15) is 5.10 Å². The van der Waals surface area contributed by atoms with E-state index in [1.807, 2.05) is 5.32 Å². The number of nitrogens with two attached hydrogens (primary N) is 1. The fourth-order valence-corrected chi connectivity index (χ4v) is 1.72. The Hall–Kier alpha value is -2.66. The largest absolute Gasteiger partial charge is 0.346 e. The first-order valence-electron chi connectivity index (χ1n) is 6.33. The number of amides is 1. The van der Waals surface area contributed by atoms with Gasteiger partial charge in [-0.1, -0.05) is 0 Å². The minimum Gasteiger partial charge on any atom is -0.346 e. The van der Waals surface area contributed by atoms with Gasteiger partial charge in [0.05, 0.1) is 18.0 Å². The summed E-state index contributed by atoms with van der Waals surface area (Å²) < 4.78 is 27.2. The van der Waals surface area contributed by atoms with Gasteiger partial charge in [0.25, 0.3) is 17.5 Å². The van der Waals surface area contributed by atoms with Crippen LogP contribution in [0, 0.1) is 10.1 Å². The van der Waals surface area contributed by atoms with Gasteiger partial charge in [-0.3, -0.25) is 14.9 Å². The van der Waals surface area contributed by atoms with Crippen molar-refractivity contribution in [3.05, 3.63) is 46.5 Å². The van der Waals surface area contributed by atoms with E-state index in [1.54, 1.807) is 0 Å². The Bertz CT molecular complexity index is 726. The normalized spacial score (nSPS) is 10.8. The van der Waals surface area contributed by atoms with E-state index in [0.29, 0.717) is 0 Å². The second-order valence-corrected chi connectivity index (χ2v) is 4.54. The fraction of sp³-hybridized carbons (Fsp3) is 0.250. The molecule has 12 heteroatoms. The third-order valence-corrected chi connectivity index (χ3v) is 2.91. The number of nitro benzene ring substituents is 1. The van der Waals surface area contributed by atoms with Crippen molar-refractivity contribution in [2.24, 2.45) is 5.73 Å². The van der Waals surface area contributed by atoms with Gasteiger partial charge < -0.3 is 11.1 Å². The molecule has 0 atom stereocenters. The quantitative estimate of drug-likeness (QED) is 0.580. The molecule has 2 aromatic rings. The molecule has 0 spiro atoms. The summed E-state index contributed by atoms with van der Waals surface area (Å²) in [5.41, 5.74) is 4.42. The van der Waals surface area contributed by atoms with Crippen LogP contribution < -0.4 is 11.1 Å². The number of rotatable bonds is 6. The zero-order chi connectivity index (χ0) is 17.0. The van der Waals surface area contributed by atoms with E-state index in [4.69, 9.17) is 5.73 Å². The minimum atomic E-state index is -3.25. The fourth-order valence-electron chi connectivity index (χ4n) is 1.72. The Labute approximate surface area is 140 Å². The number of nitrogens with one attached hydrogen (secondary N) is 1. The molecule has 0 unspecified atom stereocenters. The summed E-state index contributed by atoms with van der Waals surface area (Å²) in [5, 5.41) is 16.9. The molecule has 1 heterocycles. The molecule has 0 radical (unpaired) electrons. The Kier molecular flexibility index (Phi) is 6.26. The lowest BCUT2D eigenvalue weighted by Gasteiger charge is -2.14. The van der Waals surface area contributed by atoms with Crippen LogP contribution in [0.3, 0.4) is 0 Å². The average Bonchev–Trinajstić information content (AvgIpc) is 3.06. The van der Waals surface area contributed by atoms with Crippen LogP contribution in [-0.2, 0) is 0 Å². The van der Waals surface area contributed by atoms with Crippen LogP contribution in [-0.4, -0.2) is 44.6 Å². The van der Waals surface area contributed by atoms with E-state index < -0.39 is 35.5 Å². The van der Waals surface area contributed by atoms with E-state index in [1.165, 1.54) is 24.8 Å². The highest BCUT2D eigenvalue weighted by molar-refractivity contribution is 5.95. The monoisotopic (exact) mass is 362 g/mol. The molecule has 3 N–H and O–H groups in total. The third-order valence-electron chi connectivity index (χ3n) is 2.91. The van der Waals surface area contributed by atoms with Gasteiger partial charge in [-0.15, -0.1) is 12.4 Å². The van der Waals surface area contributed by atoms with Crippen molar-refractivity contribution in [2.45, 2.75) is 5.92 Å². The van der Waals surface area contributed by atoms with Crippen LogP contribution >= 0.6 is 12.4 Å². The van der Waals surface area contributed by atoms with Crippen molar-refractivity contribution in [2.75, 3.05) is 13.1 Å². The molecule has 24 heavy (non-hydrogen) atoms. The molecule has 0 aliphatic carbocycles. The maximum absolute atomic E-state index is 13.0. The first-order chi connectivity index (χ1) is 10.8. The van der Waals surface area contributed by atoms with Gasteiger partial charge in [-0.05, 0) is 12.1 Å². The highest BCUT2D eigenvalue weighted by atomic mass is 35.5. The van der Waals surface area contributed by atoms with E-state index >= 15 is 0 Å². The lowest BCUT2D eigenvalue weighted by atomic mass is 10.1. The first kappa shape index (κ1) is 19.4. The number of hydrogen-bond donors (Lipinski definition) is 2. The maximum Gasteiger partial charge on any atom is 0.295 e. The van der Waals surface area contributed by atoms with Crippen LogP contribution in [0.15, 0.2) is 30.9 Å². The summed E-state index contributed by atoms with van der Waals surface area (Å²) in [6, 6.07) is 3.52. The number of halogens is 3. The van der Waals surface area contributed by atoms with Crippen LogP contribution in [0.1, 0.15) is 10.4 Å². The molecule has 130 valence electrons. The highest BCUT2D eigenvalue weighted by Gasteiger charge is 2.28. The van der Waals surface area contributed by atoms with Crippen molar-refractivity contribution in [3.8, 4) is 5.69 Å². The van der Waals surface area contributed by atoms with Crippen LogP contribution in [0.4, 0.5) is 14.5 Å². The maximum atomic E-state index is 13.0. The number of nitro groups is 1. The standard InChI is InChI=1S/C12H12F2N6O3.ClH/c13-12(14,4-15)5-17-11(21)8-1-2-9(10(3-8)20(22)23)19-7-16-6-18-19;/h1-3,6-7H,4-5,15H2,(H,17,21);1H. The topological polar surface area (TPSA) is 129 Å². The summed E-state index contributed by atoms with van der Waals surface area (Å²) in [5.74, 6) is -4.12. The number of aromatic nitrogens is 3. The number of nitrogens with zero attached hydrogens (tertiary/aromatic N) is 4. The first-order valence-corrected chi connectivity index (χ1v) is 6.33. The third kappa shape index (κ3) is 4.43. The molecule has 1 aromatic carbocycles. The van der Waals surface area contributed by atoms with E-state index in [0.717, 1.165) is 10.7 Å². The molecule has 2 rings (SSSR count). The lowest BCUT2D eigenvalue weighted by Crippen LogP contribution is -2.41. The van der Waals surface area contributed by atoms with Gasteiger partial charge in [-0.25, -0.2) is 18.4 Å². The molecule has 1 amide bonds. The molecule has 1 aromatic heterocycles. The van der Waals surface area contributed by atoms with E-state index in [-0.39, 0.29) is 23.7 Å². The number of alkyl halides is 2. The van der Waals surface area contributed by atoms with Crippen molar-refractivity contribution in [1.29, 1.82) is 0 Å². The predicted molar refractivity (Wildman–Crippen MR) is 81.6 cm³/mol. The highest BCUT2D eigenvalue weighted by Crippen LogP contribution is 2.23. The van der Waals surface area contributed by atoms with Crippen LogP contribution in [0.25, 0.3) is 5.69 Å².